The predicted molar refractivity (Wildman–Crippen MR) is 195 cm³/mol. The van der Waals surface area contributed by atoms with E-state index < -0.39 is 12.0 Å². The van der Waals surface area contributed by atoms with E-state index in [0.717, 1.165) is 27.4 Å². The van der Waals surface area contributed by atoms with Crippen LogP contribution in [0.1, 0.15) is 49.4 Å². The Morgan fingerprint density at radius 3 is 2.56 bits per heavy atom. The van der Waals surface area contributed by atoms with Gasteiger partial charge in [0, 0.05) is 39.2 Å². The van der Waals surface area contributed by atoms with Crippen molar-refractivity contribution in [3.63, 3.8) is 0 Å². The van der Waals surface area contributed by atoms with Crippen LogP contribution in [-0.2, 0) is 16.1 Å². The predicted octanol–water partition coefficient (Wildman–Crippen LogP) is 7.51. The third-order valence-corrected chi connectivity index (χ3v) is 10.2. The second kappa shape index (κ2) is 13.4. The molecule has 4 aromatic carbocycles. The first-order chi connectivity index (χ1) is 23.4. The largest absolute Gasteiger partial charge is 0.496 e. The molecule has 0 unspecified atom stereocenters. The normalized spacial score (nSPS) is 14.8. The Kier molecular flexibility index (Phi) is 8.90. The maximum absolute atomic E-state index is 14.5. The van der Waals surface area contributed by atoms with Crippen LogP contribution >= 0.6 is 27.3 Å². The maximum atomic E-state index is 14.5. The average Bonchev–Trinajstić information content (AvgIpc) is 3.60. The number of halogens is 1. The van der Waals surface area contributed by atoms with Gasteiger partial charge < -0.3 is 14.0 Å². The van der Waals surface area contributed by atoms with Crippen LogP contribution < -0.4 is 19.6 Å². The average molecular weight is 721 g/mol. The van der Waals surface area contributed by atoms with Crippen molar-refractivity contribution in [2.75, 3.05) is 13.7 Å². The number of hydrogen-bond donors (Lipinski definition) is 0. The molecule has 1 aliphatic heterocycles. The number of fused-ring (bicyclic) bond motifs is 3. The molecule has 7 rings (SSSR count). The van der Waals surface area contributed by atoms with E-state index in [1.54, 1.807) is 18.6 Å². The number of aromatic nitrogens is 2. The monoisotopic (exact) mass is 719 g/mol. The molecule has 242 valence electrons. The second-order valence-corrected chi connectivity index (χ2v) is 13.6. The molecule has 7 nitrogen and oxygen atoms in total. The lowest BCUT2D eigenvalue weighted by Crippen LogP contribution is -2.40. The van der Waals surface area contributed by atoms with Gasteiger partial charge in [-0.05, 0) is 60.0 Å². The SMILES string of the molecule is CCCC1=C(C(=O)OCC)[C@@H](c2cc(Br)ccc2OC)n2c(s/c(=C/c3cn(Cc4cccc5ccccc45)c4ccccc34)c2=O)=N1. The quantitative estimate of drug-likeness (QED) is 0.145. The summed E-state index contributed by atoms with van der Waals surface area (Å²) in [4.78, 5) is 33.6. The van der Waals surface area contributed by atoms with E-state index in [1.807, 2.05) is 43.3 Å². The highest BCUT2D eigenvalue weighted by Crippen LogP contribution is 2.38. The molecule has 9 heteroatoms. The fraction of sp³-hybridized carbons (Fsp3) is 0.205. The molecule has 1 atom stereocenters. The number of nitrogens with zero attached hydrogens (tertiary/aromatic N) is 3. The lowest BCUT2D eigenvalue weighted by molar-refractivity contribution is -0.139. The molecule has 0 radical (unpaired) electrons. The van der Waals surface area contributed by atoms with E-state index in [9.17, 15) is 9.59 Å². The number of allylic oxidation sites excluding steroid dienone is 1. The summed E-state index contributed by atoms with van der Waals surface area (Å²) in [7, 11) is 1.59. The molecule has 2 aromatic heterocycles. The van der Waals surface area contributed by atoms with Crippen LogP contribution in [0, 0.1) is 0 Å². The van der Waals surface area contributed by atoms with Gasteiger partial charge in [-0.15, -0.1) is 0 Å². The summed E-state index contributed by atoms with van der Waals surface area (Å²) < 4.78 is 16.5. The zero-order valence-corrected chi connectivity index (χ0v) is 29.3. The molecule has 0 spiro atoms. The van der Waals surface area contributed by atoms with Crippen molar-refractivity contribution in [3.8, 4) is 5.75 Å². The zero-order valence-electron chi connectivity index (χ0n) is 26.9. The number of carbonyl (C=O) groups excluding carboxylic acids is 1. The number of benzene rings is 4. The van der Waals surface area contributed by atoms with Gasteiger partial charge in [0.15, 0.2) is 4.80 Å². The van der Waals surface area contributed by atoms with Gasteiger partial charge >= 0.3 is 5.97 Å². The standard InChI is InChI=1S/C39H34BrN3O4S/c1-4-11-31-35(38(45)47-5-2)36(30-21-27(40)18-19-33(30)46-3)43-37(44)34(48-39(43)41-31)20-26-23-42(32-17-9-8-16-29(26)32)22-25-14-10-13-24-12-6-7-15-28(24)25/h6-10,12-21,23,36H,4-5,11,22H2,1-3H3/b34-20+/t36-/m1/s1. The first-order valence-corrected chi connectivity index (χ1v) is 17.6. The molecule has 0 N–H and O–H groups in total. The zero-order chi connectivity index (χ0) is 33.4. The molecular weight excluding hydrogens is 686 g/mol. The van der Waals surface area contributed by atoms with E-state index in [-0.39, 0.29) is 12.2 Å². The van der Waals surface area contributed by atoms with Crippen molar-refractivity contribution >= 4 is 61.0 Å². The minimum absolute atomic E-state index is 0.206. The summed E-state index contributed by atoms with van der Waals surface area (Å²) in [5, 5.41) is 3.47. The fourth-order valence-electron chi connectivity index (χ4n) is 6.61. The van der Waals surface area contributed by atoms with Crippen molar-refractivity contribution in [2.45, 2.75) is 39.3 Å². The molecule has 48 heavy (non-hydrogen) atoms. The van der Waals surface area contributed by atoms with Crippen molar-refractivity contribution in [1.82, 2.24) is 9.13 Å². The maximum Gasteiger partial charge on any atom is 0.338 e. The topological polar surface area (TPSA) is 74.8 Å². The van der Waals surface area contributed by atoms with Crippen LogP contribution in [0.2, 0.25) is 0 Å². The van der Waals surface area contributed by atoms with Gasteiger partial charge in [0.1, 0.15) is 11.8 Å². The molecule has 0 amide bonds. The third-order valence-electron chi connectivity index (χ3n) is 8.71. The number of hydrogen-bond acceptors (Lipinski definition) is 6. The van der Waals surface area contributed by atoms with Crippen LogP contribution in [0.25, 0.3) is 27.8 Å². The van der Waals surface area contributed by atoms with Crippen molar-refractivity contribution < 1.29 is 14.3 Å². The minimum atomic E-state index is -0.774. The van der Waals surface area contributed by atoms with E-state index in [0.29, 0.717) is 44.9 Å². The number of para-hydroxylation sites is 1. The van der Waals surface area contributed by atoms with Gasteiger partial charge in [-0.2, -0.15) is 0 Å². The summed E-state index contributed by atoms with van der Waals surface area (Å²) in [6.45, 7) is 4.71. The fourth-order valence-corrected chi connectivity index (χ4v) is 8.00. The molecule has 0 saturated carbocycles. The van der Waals surface area contributed by atoms with Gasteiger partial charge in [0.2, 0.25) is 0 Å². The van der Waals surface area contributed by atoms with Crippen LogP contribution in [0.5, 0.6) is 5.75 Å². The van der Waals surface area contributed by atoms with Crippen molar-refractivity contribution in [3.05, 3.63) is 143 Å². The van der Waals surface area contributed by atoms with Gasteiger partial charge in [-0.1, -0.05) is 101 Å². The smallest absolute Gasteiger partial charge is 0.338 e. The Balaban J connectivity index is 1.42. The summed E-state index contributed by atoms with van der Waals surface area (Å²) in [5.41, 5.74) is 4.68. The summed E-state index contributed by atoms with van der Waals surface area (Å²) >= 11 is 4.92. The molecule has 0 aliphatic carbocycles. The van der Waals surface area contributed by atoms with Crippen molar-refractivity contribution in [1.29, 1.82) is 0 Å². The van der Waals surface area contributed by atoms with Gasteiger partial charge in [-0.25, -0.2) is 9.79 Å². The summed E-state index contributed by atoms with van der Waals surface area (Å²) in [6.07, 6.45) is 5.41. The van der Waals surface area contributed by atoms with Crippen LogP contribution in [0.4, 0.5) is 0 Å². The van der Waals surface area contributed by atoms with Crippen LogP contribution in [0.15, 0.2) is 117 Å². The number of rotatable bonds is 9. The van der Waals surface area contributed by atoms with E-state index in [2.05, 4.69) is 81.3 Å². The Hall–Kier alpha value is -4.73. The second-order valence-electron chi connectivity index (χ2n) is 11.7. The van der Waals surface area contributed by atoms with Gasteiger partial charge in [0.05, 0.1) is 29.5 Å². The Morgan fingerprint density at radius 2 is 1.77 bits per heavy atom. The highest BCUT2D eigenvalue weighted by Gasteiger charge is 2.36. The molecule has 0 bridgehead atoms. The third kappa shape index (κ3) is 5.71. The number of esters is 1. The number of methoxy groups -OCH3 is 1. The van der Waals surface area contributed by atoms with Crippen LogP contribution in [-0.4, -0.2) is 28.8 Å². The molecule has 1 aliphatic rings. The summed E-state index contributed by atoms with van der Waals surface area (Å²) in [6, 6.07) is 27.9. The highest BCUT2D eigenvalue weighted by molar-refractivity contribution is 9.10. The van der Waals surface area contributed by atoms with E-state index in [1.165, 1.54) is 27.7 Å². The Labute approximate surface area is 290 Å². The Bertz CT molecular complexity index is 2410. The number of ether oxygens (including phenoxy) is 2. The number of thiazole rings is 1. The summed E-state index contributed by atoms with van der Waals surface area (Å²) in [5.74, 6) is 0.0800. The molecular formula is C39H34BrN3O4S. The Morgan fingerprint density at radius 1 is 1.00 bits per heavy atom. The molecule has 3 heterocycles. The lowest BCUT2D eigenvalue weighted by atomic mass is 9.93. The molecule has 0 saturated heterocycles. The minimum Gasteiger partial charge on any atom is -0.496 e. The van der Waals surface area contributed by atoms with Gasteiger partial charge in [0.25, 0.3) is 5.56 Å². The van der Waals surface area contributed by atoms with Crippen LogP contribution in [0.3, 0.4) is 0 Å². The first kappa shape index (κ1) is 31.8. The molecule has 6 aromatic rings. The number of carbonyl (C=O) groups is 1. The van der Waals surface area contributed by atoms with Crippen molar-refractivity contribution in [2.24, 2.45) is 4.99 Å². The van der Waals surface area contributed by atoms with Gasteiger partial charge in [-0.3, -0.25) is 9.36 Å². The molecule has 0 fully saturated rings. The van der Waals surface area contributed by atoms with E-state index >= 15 is 0 Å². The highest BCUT2D eigenvalue weighted by atomic mass is 79.9. The first-order valence-electron chi connectivity index (χ1n) is 16.0. The lowest BCUT2D eigenvalue weighted by Gasteiger charge is -2.27. The van der Waals surface area contributed by atoms with E-state index in [4.69, 9.17) is 14.5 Å².